The Balaban J connectivity index is 1.81. The summed E-state index contributed by atoms with van der Waals surface area (Å²) < 4.78 is 5.92. The number of rotatable bonds is 10. The molecule has 26 heavy (non-hydrogen) atoms. The number of hydrogen-bond donors (Lipinski definition) is 4. The van der Waals surface area contributed by atoms with Crippen molar-refractivity contribution in [2.75, 3.05) is 0 Å². The summed E-state index contributed by atoms with van der Waals surface area (Å²) in [6.45, 7) is 1.74. The van der Waals surface area contributed by atoms with Gasteiger partial charge in [0.05, 0.1) is 24.1 Å². The monoisotopic (exact) mass is 368 g/mol. The molecular weight excluding hydrogens is 336 g/mol. The van der Waals surface area contributed by atoms with Gasteiger partial charge in [0, 0.05) is 31.1 Å². The predicted molar refractivity (Wildman–Crippen MR) is 97.3 cm³/mol. The van der Waals surface area contributed by atoms with Crippen LogP contribution in [0.15, 0.2) is 24.0 Å². The normalized spacial score (nSPS) is 31.9. The van der Waals surface area contributed by atoms with Crippen molar-refractivity contribution in [2.24, 2.45) is 11.8 Å². The highest BCUT2D eigenvalue weighted by Crippen LogP contribution is 2.45. The molecule has 6 nitrogen and oxygen atoms in total. The maximum absolute atomic E-state index is 10.5. The Morgan fingerprint density at radius 2 is 2.08 bits per heavy atom. The molecule has 2 aliphatic rings. The SMILES string of the molecule is CC(O)CCCC(O)C=CC1C(O)CC2OC(=CCCCC(=O)O)CC21. The standard InChI is InChI=1S/C20H32O6/c1-13(21)5-4-6-14(22)9-10-16-17-11-15(7-2-3-8-20(24)25)26-19(17)12-18(16)23/h7,9-10,13-14,16-19,21-23H,2-6,8,11-12H2,1H3,(H,24,25). The molecule has 0 radical (unpaired) electrons. The van der Waals surface area contributed by atoms with E-state index in [2.05, 4.69) is 0 Å². The lowest BCUT2D eigenvalue weighted by atomic mass is 9.90. The minimum Gasteiger partial charge on any atom is -0.495 e. The van der Waals surface area contributed by atoms with Crippen molar-refractivity contribution in [3.05, 3.63) is 24.0 Å². The molecule has 2 fully saturated rings. The molecule has 0 spiro atoms. The Morgan fingerprint density at radius 3 is 2.77 bits per heavy atom. The van der Waals surface area contributed by atoms with Gasteiger partial charge in [-0.15, -0.1) is 0 Å². The number of aliphatic hydroxyl groups is 3. The van der Waals surface area contributed by atoms with E-state index in [1.807, 2.05) is 12.2 Å². The zero-order valence-corrected chi connectivity index (χ0v) is 15.5. The zero-order valence-electron chi connectivity index (χ0n) is 15.5. The van der Waals surface area contributed by atoms with Crippen molar-refractivity contribution < 1.29 is 30.0 Å². The average Bonchev–Trinajstić information content (AvgIpc) is 3.05. The van der Waals surface area contributed by atoms with Gasteiger partial charge >= 0.3 is 5.97 Å². The summed E-state index contributed by atoms with van der Waals surface area (Å²) in [6.07, 6.45) is 9.09. The van der Waals surface area contributed by atoms with Gasteiger partial charge in [0.15, 0.2) is 0 Å². The molecule has 1 aliphatic heterocycles. The van der Waals surface area contributed by atoms with Crippen LogP contribution >= 0.6 is 0 Å². The van der Waals surface area contributed by atoms with Crippen LogP contribution in [-0.2, 0) is 9.53 Å². The number of carbonyl (C=O) groups is 1. The molecule has 0 amide bonds. The zero-order chi connectivity index (χ0) is 19.1. The smallest absolute Gasteiger partial charge is 0.303 e. The van der Waals surface area contributed by atoms with Gasteiger partial charge in [0.25, 0.3) is 0 Å². The van der Waals surface area contributed by atoms with Crippen LogP contribution in [0.5, 0.6) is 0 Å². The first-order chi connectivity index (χ1) is 12.4. The minimum atomic E-state index is -0.784. The number of fused-ring (bicyclic) bond motifs is 1. The summed E-state index contributed by atoms with van der Waals surface area (Å²) in [5.41, 5.74) is 0. The third-order valence-electron chi connectivity index (χ3n) is 5.27. The molecule has 1 saturated carbocycles. The summed E-state index contributed by atoms with van der Waals surface area (Å²) in [4.78, 5) is 10.5. The largest absolute Gasteiger partial charge is 0.495 e. The van der Waals surface area contributed by atoms with Crippen molar-refractivity contribution in [3.8, 4) is 0 Å². The van der Waals surface area contributed by atoms with Crippen LogP contribution in [0.2, 0.25) is 0 Å². The van der Waals surface area contributed by atoms with E-state index in [0.29, 0.717) is 32.1 Å². The molecule has 0 aromatic heterocycles. The van der Waals surface area contributed by atoms with E-state index < -0.39 is 18.2 Å². The van der Waals surface area contributed by atoms with Gasteiger partial charge in [0.1, 0.15) is 6.10 Å². The summed E-state index contributed by atoms with van der Waals surface area (Å²) in [6, 6.07) is 0. The Morgan fingerprint density at radius 1 is 1.31 bits per heavy atom. The van der Waals surface area contributed by atoms with Gasteiger partial charge in [-0.2, -0.15) is 0 Å². The van der Waals surface area contributed by atoms with E-state index >= 15 is 0 Å². The first-order valence-electron chi connectivity index (χ1n) is 9.66. The lowest BCUT2D eigenvalue weighted by molar-refractivity contribution is -0.137. The van der Waals surface area contributed by atoms with Gasteiger partial charge in [-0.1, -0.05) is 12.2 Å². The number of ether oxygens (including phenoxy) is 1. The van der Waals surface area contributed by atoms with Crippen LogP contribution in [0.4, 0.5) is 0 Å². The van der Waals surface area contributed by atoms with E-state index in [9.17, 15) is 20.1 Å². The van der Waals surface area contributed by atoms with E-state index in [0.717, 1.165) is 18.6 Å². The highest BCUT2D eigenvalue weighted by atomic mass is 16.5. The third kappa shape index (κ3) is 6.41. The van der Waals surface area contributed by atoms with E-state index in [-0.39, 0.29) is 30.5 Å². The highest BCUT2D eigenvalue weighted by molar-refractivity contribution is 5.66. The molecule has 6 unspecified atom stereocenters. The van der Waals surface area contributed by atoms with Gasteiger partial charge in [-0.25, -0.2) is 0 Å². The summed E-state index contributed by atoms with van der Waals surface area (Å²) in [5.74, 6) is 0.286. The lowest BCUT2D eigenvalue weighted by Crippen LogP contribution is -2.18. The molecule has 1 aliphatic carbocycles. The third-order valence-corrected chi connectivity index (χ3v) is 5.27. The molecule has 0 bridgehead atoms. The summed E-state index contributed by atoms with van der Waals surface area (Å²) in [7, 11) is 0. The molecule has 1 saturated heterocycles. The summed E-state index contributed by atoms with van der Waals surface area (Å²) >= 11 is 0. The van der Waals surface area contributed by atoms with Crippen LogP contribution in [-0.4, -0.2) is 50.8 Å². The molecule has 6 atom stereocenters. The van der Waals surface area contributed by atoms with Crippen LogP contribution in [0, 0.1) is 11.8 Å². The number of unbranched alkanes of at least 4 members (excludes halogenated alkanes) is 1. The Kier molecular flexibility index (Phi) is 8.13. The van der Waals surface area contributed by atoms with Crippen LogP contribution in [0.1, 0.15) is 58.3 Å². The Labute approximate surface area is 155 Å². The van der Waals surface area contributed by atoms with Gasteiger partial charge in [-0.3, -0.25) is 4.79 Å². The molecule has 4 N–H and O–H groups in total. The molecule has 148 valence electrons. The topological polar surface area (TPSA) is 107 Å². The van der Waals surface area contributed by atoms with Gasteiger partial charge in [0.2, 0.25) is 0 Å². The van der Waals surface area contributed by atoms with Gasteiger partial charge in [-0.05, 0) is 45.1 Å². The number of hydrogen-bond acceptors (Lipinski definition) is 5. The van der Waals surface area contributed by atoms with Crippen molar-refractivity contribution >= 4 is 5.97 Å². The molecule has 2 rings (SSSR count). The number of aliphatic hydroxyl groups excluding tert-OH is 3. The number of carboxylic acids is 1. The molecule has 6 heteroatoms. The second-order valence-electron chi connectivity index (χ2n) is 7.59. The lowest BCUT2D eigenvalue weighted by Gasteiger charge is -2.16. The van der Waals surface area contributed by atoms with Crippen LogP contribution < -0.4 is 0 Å². The minimum absolute atomic E-state index is 0.00208. The van der Waals surface area contributed by atoms with E-state index in [1.54, 1.807) is 13.0 Å². The first kappa shape index (κ1) is 20.9. The van der Waals surface area contributed by atoms with E-state index in [4.69, 9.17) is 9.84 Å². The van der Waals surface area contributed by atoms with Crippen molar-refractivity contribution in [3.63, 3.8) is 0 Å². The van der Waals surface area contributed by atoms with Crippen molar-refractivity contribution in [1.29, 1.82) is 0 Å². The van der Waals surface area contributed by atoms with Crippen molar-refractivity contribution in [1.82, 2.24) is 0 Å². The molecule has 0 aromatic rings. The fourth-order valence-electron chi connectivity index (χ4n) is 3.87. The van der Waals surface area contributed by atoms with Crippen LogP contribution in [0.25, 0.3) is 0 Å². The average molecular weight is 368 g/mol. The quantitative estimate of drug-likeness (QED) is 0.348. The molecular formula is C20H32O6. The van der Waals surface area contributed by atoms with Crippen LogP contribution in [0.3, 0.4) is 0 Å². The predicted octanol–water partition coefficient (Wildman–Crippen LogP) is 2.38. The Bertz CT molecular complexity index is 512. The Hall–Kier alpha value is -1.37. The van der Waals surface area contributed by atoms with Gasteiger partial charge < -0.3 is 25.2 Å². The first-order valence-corrected chi connectivity index (χ1v) is 9.66. The summed E-state index contributed by atoms with van der Waals surface area (Å²) in [5, 5.41) is 38.3. The number of carboxylic acid groups (broad SMARTS) is 1. The van der Waals surface area contributed by atoms with Crippen molar-refractivity contribution in [2.45, 2.75) is 82.7 Å². The molecule has 1 heterocycles. The fraction of sp³-hybridized carbons (Fsp3) is 0.750. The number of aliphatic carboxylic acids is 1. The molecule has 0 aromatic carbocycles. The second kappa shape index (κ2) is 10.1. The van der Waals surface area contributed by atoms with E-state index in [1.165, 1.54) is 0 Å². The highest BCUT2D eigenvalue weighted by Gasteiger charge is 2.46. The fourth-order valence-corrected chi connectivity index (χ4v) is 3.87. The number of allylic oxidation sites excluding steroid dienone is 2. The maximum atomic E-state index is 10.5. The maximum Gasteiger partial charge on any atom is 0.303 e. The second-order valence-corrected chi connectivity index (χ2v) is 7.59.